The van der Waals surface area contributed by atoms with Crippen LogP contribution in [0, 0.1) is 5.41 Å². The Kier molecular flexibility index (Phi) is 6.88. The summed E-state index contributed by atoms with van der Waals surface area (Å²) in [7, 11) is 0. The second kappa shape index (κ2) is 9.35. The molecule has 0 heterocycles. The van der Waals surface area contributed by atoms with Gasteiger partial charge in [0.25, 0.3) is 0 Å². The van der Waals surface area contributed by atoms with Gasteiger partial charge in [-0.3, -0.25) is 0 Å². The summed E-state index contributed by atoms with van der Waals surface area (Å²) in [5.41, 5.74) is 5.43. The molecule has 2 aromatic rings. The van der Waals surface area contributed by atoms with Crippen LogP contribution in [0.2, 0.25) is 0 Å². The van der Waals surface area contributed by atoms with Crippen molar-refractivity contribution in [2.24, 2.45) is 5.41 Å². The minimum absolute atomic E-state index is 0.0370. The fourth-order valence-corrected chi connectivity index (χ4v) is 4.64. The highest BCUT2D eigenvalue weighted by atomic mass is 16.1. The molecule has 1 aliphatic carbocycles. The van der Waals surface area contributed by atoms with E-state index in [0.717, 1.165) is 38.5 Å². The van der Waals surface area contributed by atoms with E-state index in [-0.39, 0.29) is 5.41 Å². The smallest absolute Gasteiger partial charge is 0.126 e. The molecule has 1 aliphatic rings. The fraction of sp³-hybridized carbons (Fsp3) is 0.500. The van der Waals surface area contributed by atoms with E-state index >= 15 is 0 Å². The van der Waals surface area contributed by atoms with Crippen LogP contribution in [0.1, 0.15) is 82.3 Å². The number of benzene rings is 2. The van der Waals surface area contributed by atoms with E-state index < -0.39 is 0 Å². The van der Waals surface area contributed by atoms with Crippen molar-refractivity contribution in [3.8, 4) is 11.1 Å². The Morgan fingerprint density at radius 1 is 0.889 bits per heavy atom. The number of rotatable bonds is 8. The summed E-state index contributed by atoms with van der Waals surface area (Å²) in [4.78, 5) is 11.6. The van der Waals surface area contributed by atoms with Crippen LogP contribution in [0.3, 0.4) is 0 Å². The summed E-state index contributed by atoms with van der Waals surface area (Å²) in [6.07, 6.45) is 11.5. The van der Waals surface area contributed by atoms with Crippen molar-refractivity contribution in [1.82, 2.24) is 0 Å². The highest BCUT2D eigenvalue weighted by molar-refractivity contribution is 5.64. The van der Waals surface area contributed by atoms with E-state index in [1.165, 1.54) is 47.8 Å². The zero-order valence-corrected chi connectivity index (χ0v) is 17.0. The van der Waals surface area contributed by atoms with E-state index in [0.29, 0.717) is 5.92 Å². The average molecular weight is 363 g/mol. The van der Waals surface area contributed by atoms with E-state index in [1.54, 1.807) is 0 Å². The van der Waals surface area contributed by atoms with Crippen molar-refractivity contribution in [2.75, 3.05) is 0 Å². The van der Waals surface area contributed by atoms with Crippen molar-refractivity contribution in [1.29, 1.82) is 0 Å². The van der Waals surface area contributed by atoms with Gasteiger partial charge in [0.2, 0.25) is 0 Å². The highest BCUT2D eigenvalue weighted by Crippen LogP contribution is 2.44. The number of aldehydes is 1. The molecule has 0 aliphatic heterocycles. The molecule has 0 saturated heterocycles. The van der Waals surface area contributed by atoms with E-state index in [4.69, 9.17) is 0 Å². The first kappa shape index (κ1) is 19.9. The maximum atomic E-state index is 11.6. The minimum Gasteiger partial charge on any atom is -0.303 e. The summed E-state index contributed by atoms with van der Waals surface area (Å²) in [6, 6.07) is 18.2. The lowest BCUT2D eigenvalue weighted by atomic mass is 9.68. The summed E-state index contributed by atoms with van der Waals surface area (Å²) in [5.74, 6) is 0.611. The van der Waals surface area contributed by atoms with Gasteiger partial charge in [-0.1, -0.05) is 75.2 Å². The summed E-state index contributed by atoms with van der Waals surface area (Å²) < 4.78 is 0. The molecular weight excluding hydrogens is 328 g/mol. The monoisotopic (exact) mass is 362 g/mol. The Bertz CT molecular complexity index is 703. The largest absolute Gasteiger partial charge is 0.303 e. The molecule has 0 amide bonds. The Hall–Kier alpha value is -1.89. The third-order valence-corrected chi connectivity index (χ3v) is 6.47. The lowest BCUT2D eigenvalue weighted by molar-refractivity contribution is -0.118. The molecule has 1 fully saturated rings. The van der Waals surface area contributed by atoms with Gasteiger partial charge in [0.1, 0.15) is 6.29 Å². The molecule has 27 heavy (non-hydrogen) atoms. The Labute approximate surface area is 165 Å². The van der Waals surface area contributed by atoms with Crippen molar-refractivity contribution in [3.63, 3.8) is 0 Å². The van der Waals surface area contributed by atoms with Crippen LogP contribution >= 0.6 is 0 Å². The van der Waals surface area contributed by atoms with Crippen LogP contribution in [0.4, 0.5) is 0 Å². The second-order valence-electron chi connectivity index (χ2n) is 8.43. The predicted molar refractivity (Wildman–Crippen MR) is 115 cm³/mol. The van der Waals surface area contributed by atoms with Crippen LogP contribution < -0.4 is 0 Å². The predicted octanol–water partition coefficient (Wildman–Crippen LogP) is 7.34. The summed E-state index contributed by atoms with van der Waals surface area (Å²) in [6.45, 7) is 4.43. The van der Waals surface area contributed by atoms with Gasteiger partial charge in [0.05, 0.1) is 0 Å². The molecule has 144 valence electrons. The Morgan fingerprint density at radius 2 is 1.48 bits per heavy atom. The molecule has 3 rings (SSSR count). The molecule has 0 spiro atoms. The normalized spacial score (nSPS) is 22.5. The van der Waals surface area contributed by atoms with E-state index in [9.17, 15) is 4.79 Å². The SMILES string of the molecule is CCCCc1ccc(-c2ccc(C3CCC(C=O)(CCC)CC3)cc2)cc1. The second-order valence-corrected chi connectivity index (χ2v) is 8.43. The van der Waals surface area contributed by atoms with Crippen LogP contribution in [-0.4, -0.2) is 6.29 Å². The first-order chi connectivity index (χ1) is 13.2. The number of unbranched alkanes of at least 4 members (excludes halogenated alkanes) is 1. The zero-order chi connectivity index (χ0) is 19.1. The zero-order valence-electron chi connectivity index (χ0n) is 17.0. The van der Waals surface area contributed by atoms with E-state index in [1.807, 2.05) is 0 Å². The van der Waals surface area contributed by atoms with Gasteiger partial charge in [-0.2, -0.15) is 0 Å². The highest BCUT2D eigenvalue weighted by Gasteiger charge is 2.34. The third kappa shape index (κ3) is 4.89. The van der Waals surface area contributed by atoms with Crippen LogP contribution in [0.15, 0.2) is 48.5 Å². The quantitative estimate of drug-likeness (QED) is 0.449. The number of carbonyl (C=O) groups is 1. The van der Waals surface area contributed by atoms with Crippen LogP contribution in [-0.2, 0) is 11.2 Å². The van der Waals surface area contributed by atoms with Gasteiger partial charge in [0.15, 0.2) is 0 Å². The lowest BCUT2D eigenvalue weighted by Crippen LogP contribution is -2.28. The van der Waals surface area contributed by atoms with Crippen molar-refractivity contribution in [3.05, 3.63) is 59.7 Å². The minimum atomic E-state index is -0.0370. The molecular formula is C26H34O. The van der Waals surface area contributed by atoms with Crippen molar-refractivity contribution < 1.29 is 4.79 Å². The number of hydrogen-bond donors (Lipinski definition) is 0. The van der Waals surface area contributed by atoms with E-state index in [2.05, 4.69) is 62.4 Å². The topological polar surface area (TPSA) is 17.1 Å². The standard InChI is InChI=1S/C26H34O/c1-3-5-6-21-7-9-22(10-8-21)23-11-13-24(14-12-23)25-15-18-26(20-27,17-4-2)19-16-25/h7-14,20,25H,3-6,15-19H2,1-2H3. The molecule has 0 N–H and O–H groups in total. The number of carbonyl (C=O) groups excluding carboxylic acids is 1. The van der Waals surface area contributed by atoms with Gasteiger partial charge in [0, 0.05) is 5.41 Å². The van der Waals surface area contributed by atoms with Gasteiger partial charge in [-0.25, -0.2) is 0 Å². The maximum Gasteiger partial charge on any atom is 0.126 e. The molecule has 0 unspecified atom stereocenters. The molecule has 1 nitrogen and oxygen atoms in total. The average Bonchev–Trinajstić information content (AvgIpc) is 2.73. The van der Waals surface area contributed by atoms with Gasteiger partial charge in [-0.15, -0.1) is 0 Å². The summed E-state index contributed by atoms with van der Waals surface area (Å²) >= 11 is 0. The molecule has 1 saturated carbocycles. The lowest BCUT2D eigenvalue weighted by Gasteiger charge is -2.36. The molecule has 2 aromatic carbocycles. The van der Waals surface area contributed by atoms with Crippen LogP contribution in [0.5, 0.6) is 0 Å². The maximum absolute atomic E-state index is 11.6. The fourth-order valence-electron chi connectivity index (χ4n) is 4.64. The first-order valence-corrected chi connectivity index (χ1v) is 10.9. The summed E-state index contributed by atoms with van der Waals surface area (Å²) in [5, 5.41) is 0. The molecule has 0 radical (unpaired) electrons. The van der Waals surface area contributed by atoms with Crippen LogP contribution in [0.25, 0.3) is 11.1 Å². The Balaban J connectivity index is 1.63. The number of hydrogen-bond acceptors (Lipinski definition) is 1. The molecule has 1 heteroatoms. The Morgan fingerprint density at radius 3 is 2.00 bits per heavy atom. The van der Waals surface area contributed by atoms with Gasteiger partial charge in [-0.05, 0) is 73.1 Å². The van der Waals surface area contributed by atoms with Gasteiger partial charge >= 0.3 is 0 Å². The molecule has 0 atom stereocenters. The molecule has 0 bridgehead atoms. The molecule has 0 aromatic heterocycles. The van der Waals surface area contributed by atoms with Crippen molar-refractivity contribution in [2.45, 2.75) is 77.6 Å². The van der Waals surface area contributed by atoms with Crippen molar-refractivity contribution >= 4 is 6.29 Å². The van der Waals surface area contributed by atoms with Gasteiger partial charge < -0.3 is 4.79 Å². The number of aryl methyl sites for hydroxylation is 1. The third-order valence-electron chi connectivity index (χ3n) is 6.47. The first-order valence-electron chi connectivity index (χ1n) is 10.9.